The van der Waals surface area contributed by atoms with Crippen molar-refractivity contribution in [3.63, 3.8) is 0 Å². The largest absolute Gasteiger partial charge is 0.348 e. The zero-order valence-electron chi connectivity index (χ0n) is 17.7. The van der Waals surface area contributed by atoms with Gasteiger partial charge in [-0.1, -0.05) is 68.4 Å². The summed E-state index contributed by atoms with van der Waals surface area (Å²) < 4.78 is 27.2. The summed E-state index contributed by atoms with van der Waals surface area (Å²) in [4.78, 5) is 17.9. The van der Waals surface area contributed by atoms with Gasteiger partial charge in [0, 0.05) is 5.56 Å². The highest BCUT2D eigenvalue weighted by Gasteiger charge is 2.33. The summed E-state index contributed by atoms with van der Waals surface area (Å²) in [6.45, 7) is 5.73. The van der Waals surface area contributed by atoms with Crippen LogP contribution in [0.4, 0.5) is 0 Å². The van der Waals surface area contributed by atoms with Gasteiger partial charge in [0.1, 0.15) is 11.9 Å². The van der Waals surface area contributed by atoms with Gasteiger partial charge in [0.15, 0.2) is 0 Å². The summed E-state index contributed by atoms with van der Waals surface area (Å²) in [5.74, 6) is -0.154. The van der Waals surface area contributed by atoms with Crippen LogP contribution in [-0.4, -0.2) is 26.2 Å². The molecule has 3 aromatic rings. The lowest BCUT2D eigenvalue weighted by atomic mass is 9.98. The maximum atomic E-state index is 13.2. The van der Waals surface area contributed by atoms with Crippen molar-refractivity contribution >= 4 is 32.5 Å². The molecule has 31 heavy (non-hydrogen) atoms. The molecule has 0 spiro atoms. The van der Waals surface area contributed by atoms with Crippen molar-refractivity contribution < 1.29 is 13.2 Å². The molecule has 1 amide bonds. The minimum absolute atomic E-state index is 0.121. The molecule has 0 aliphatic carbocycles. The van der Waals surface area contributed by atoms with Crippen LogP contribution in [0.3, 0.4) is 0 Å². The molecule has 1 aliphatic heterocycles. The van der Waals surface area contributed by atoms with Gasteiger partial charge in [-0.25, -0.2) is 8.42 Å². The van der Waals surface area contributed by atoms with E-state index in [0.717, 1.165) is 16.3 Å². The molecule has 0 bridgehead atoms. The number of amidine groups is 1. The Morgan fingerprint density at radius 2 is 1.61 bits per heavy atom. The molecule has 0 saturated carbocycles. The van der Waals surface area contributed by atoms with E-state index in [1.165, 1.54) is 6.07 Å². The first-order valence-corrected chi connectivity index (χ1v) is 11.7. The number of rotatable bonds is 5. The molecule has 1 aliphatic rings. The molecule has 160 valence electrons. The standard InChI is InChI=1S/C24H25N3O3S/c1-15(2)22(26-23-20-12-6-7-14-21(20)31(29,30)27-23)24(28)25-16(3)18-13-8-10-17-9-4-5-11-19(17)18/h4-16,22H,1-3H3,(H,25,28)(H,26,27)/t16-,22+/m1/s1. The lowest BCUT2D eigenvalue weighted by Crippen LogP contribution is -2.39. The third kappa shape index (κ3) is 4.05. The zero-order chi connectivity index (χ0) is 22.2. The van der Waals surface area contributed by atoms with Crippen molar-refractivity contribution in [2.45, 2.75) is 37.8 Å². The normalized spacial score (nSPS) is 17.9. The highest BCUT2D eigenvalue weighted by Crippen LogP contribution is 2.26. The second-order valence-corrected chi connectivity index (χ2v) is 9.72. The summed E-state index contributed by atoms with van der Waals surface area (Å²) >= 11 is 0. The molecule has 1 heterocycles. The van der Waals surface area contributed by atoms with E-state index in [-0.39, 0.29) is 28.6 Å². The Morgan fingerprint density at radius 3 is 2.39 bits per heavy atom. The van der Waals surface area contributed by atoms with Crippen molar-refractivity contribution in [3.8, 4) is 0 Å². The summed E-state index contributed by atoms with van der Waals surface area (Å²) in [5.41, 5.74) is 1.51. The zero-order valence-corrected chi connectivity index (χ0v) is 18.5. The Bertz CT molecular complexity index is 1280. The summed E-state index contributed by atoms with van der Waals surface area (Å²) in [7, 11) is -3.65. The number of nitrogens with zero attached hydrogens (tertiary/aromatic N) is 1. The number of nitrogens with one attached hydrogen (secondary N) is 2. The summed E-state index contributed by atoms with van der Waals surface area (Å²) in [6.07, 6.45) is 0. The van der Waals surface area contributed by atoms with Crippen LogP contribution in [0.1, 0.15) is 37.9 Å². The Kier molecular flexibility index (Phi) is 5.54. The summed E-state index contributed by atoms with van der Waals surface area (Å²) in [5, 5.41) is 5.26. The van der Waals surface area contributed by atoms with Gasteiger partial charge in [-0.3, -0.25) is 14.5 Å². The van der Waals surface area contributed by atoms with E-state index >= 15 is 0 Å². The number of benzene rings is 3. The number of carbonyl (C=O) groups excluding carboxylic acids is 1. The second-order valence-electron chi connectivity index (χ2n) is 8.07. The molecule has 3 aromatic carbocycles. The number of amides is 1. The Morgan fingerprint density at radius 1 is 0.935 bits per heavy atom. The topological polar surface area (TPSA) is 87.6 Å². The molecule has 0 saturated heterocycles. The van der Waals surface area contributed by atoms with E-state index in [1.807, 2.05) is 63.2 Å². The average Bonchev–Trinajstić information content (AvgIpc) is 3.01. The monoisotopic (exact) mass is 435 g/mol. The lowest BCUT2D eigenvalue weighted by molar-refractivity contribution is -0.123. The van der Waals surface area contributed by atoms with Gasteiger partial charge in [-0.05, 0) is 41.3 Å². The van der Waals surface area contributed by atoms with E-state index in [0.29, 0.717) is 5.56 Å². The molecule has 2 atom stereocenters. The lowest BCUT2D eigenvalue weighted by Gasteiger charge is -2.22. The number of hydrogen-bond donors (Lipinski definition) is 2. The van der Waals surface area contributed by atoms with Crippen LogP contribution in [0.25, 0.3) is 10.8 Å². The van der Waals surface area contributed by atoms with Crippen molar-refractivity contribution in [2.24, 2.45) is 10.9 Å². The third-order valence-corrected chi connectivity index (χ3v) is 6.88. The van der Waals surface area contributed by atoms with Gasteiger partial charge in [0.2, 0.25) is 5.91 Å². The van der Waals surface area contributed by atoms with Crippen LogP contribution in [0.2, 0.25) is 0 Å². The van der Waals surface area contributed by atoms with Gasteiger partial charge in [0.05, 0.1) is 10.9 Å². The SMILES string of the molecule is CC(C)[C@H](N=C1NS(=O)(=O)c2ccccc21)C(=O)N[C@H](C)c1cccc2ccccc12. The predicted octanol–water partition coefficient (Wildman–Crippen LogP) is 3.78. The van der Waals surface area contributed by atoms with Gasteiger partial charge in [-0.2, -0.15) is 0 Å². The van der Waals surface area contributed by atoms with Crippen LogP contribution >= 0.6 is 0 Å². The van der Waals surface area contributed by atoms with Gasteiger partial charge < -0.3 is 5.32 Å². The number of aliphatic imine (C=N–C) groups is 1. The maximum Gasteiger partial charge on any atom is 0.263 e. The molecule has 0 fully saturated rings. The number of sulfonamides is 1. The van der Waals surface area contributed by atoms with Crippen molar-refractivity contribution in [1.29, 1.82) is 0 Å². The molecule has 0 unspecified atom stereocenters. The number of fused-ring (bicyclic) bond motifs is 2. The van der Waals surface area contributed by atoms with Crippen LogP contribution in [0, 0.1) is 5.92 Å². The maximum absolute atomic E-state index is 13.2. The minimum Gasteiger partial charge on any atom is -0.348 e. The Labute approximate surface area is 182 Å². The highest BCUT2D eigenvalue weighted by atomic mass is 32.2. The molecule has 0 aromatic heterocycles. The predicted molar refractivity (Wildman–Crippen MR) is 122 cm³/mol. The molecule has 7 heteroatoms. The van der Waals surface area contributed by atoms with Crippen LogP contribution in [0.5, 0.6) is 0 Å². The van der Waals surface area contributed by atoms with E-state index in [2.05, 4.69) is 15.0 Å². The molecule has 2 N–H and O–H groups in total. The Hall–Kier alpha value is -3.19. The van der Waals surface area contributed by atoms with Crippen LogP contribution in [-0.2, 0) is 14.8 Å². The van der Waals surface area contributed by atoms with Crippen molar-refractivity contribution in [2.75, 3.05) is 0 Å². The molecular formula is C24H25N3O3S. The fourth-order valence-electron chi connectivity index (χ4n) is 3.88. The van der Waals surface area contributed by atoms with E-state index < -0.39 is 16.1 Å². The third-order valence-electron chi connectivity index (χ3n) is 5.48. The number of carbonyl (C=O) groups is 1. The molecular weight excluding hydrogens is 410 g/mol. The Balaban J connectivity index is 1.62. The molecule has 6 nitrogen and oxygen atoms in total. The quantitative estimate of drug-likeness (QED) is 0.639. The fraction of sp³-hybridized carbons (Fsp3) is 0.250. The van der Waals surface area contributed by atoms with E-state index in [4.69, 9.17) is 0 Å². The van der Waals surface area contributed by atoms with Gasteiger partial charge in [0.25, 0.3) is 10.0 Å². The second kappa shape index (κ2) is 8.15. The van der Waals surface area contributed by atoms with E-state index in [9.17, 15) is 13.2 Å². The first-order chi connectivity index (χ1) is 14.8. The first kappa shape index (κ1) is 21.1. The van der Waals surface area contributed by atoms with Gasteiger partial charge >= 0.3 is 0 Å². The first-order valence-electron chi connectivity index (χ1n) is 10.3. The number of hydrogen-bond acceptors (Lipinski definition) is 4. The molecule has 4 rings (SSSR count). The fourth-order valence-corrected chi connectivity index (χ4v) is 5.12. The van der Waals surface area contributed by atoms with Crippen LogP contribution < -0.4 is 10.0 Å². The molecule has 0 radical (unpaired) electrons. The smallest absolute Gasteiger partial charge is 0.263 e. The van der Waals surface area contributed by atoms with E-state index in [1.54, 1.807) is 18.2 Å². The van der Waals surface area contributed by atoms with Crippen LogP contribution in [0.15, 0.2) is 76.6 Å². The minimum atomic E-state index is -3.65. The summed E-state index contributed by atoms with van der Waals surface area (Å²) in [6, 6.07) is 19.8. The van der Waals surface area contributed by atoms with Crippen molar-refractivity contribution in [3.05, 3.63) is 77.9 Å². The van der Waals surface area contributed by atoms with Gasteiger partial charge in [-0.15, -0.1) is 0 Å². The van der Waals surface area contributed by atoms with Crippen molar-refractivity contribution in [1.82, 2.24) is 10.0 Å². The highest BCUT2D eigenvalue weighted by molar-refractivity contribution is 7.90. The average molecular weight is 436 g/mol.